The van der Waals surface area contributed by atoms with Gasteiger partial charge >= 0.3 is 0 Å². The summed E-state index contributed by atoms with van der Waals surface area (Å²) in [5.41, 5.74) is 2.08. The minimum absolute atomic E-state index is 0.161. The van der Waals surface area contributed by atoms with E-state index in [0.29, 0.717) is 27.4 Å². The molecule has 1 N–H and O–H groups in total. The van der Waals surface area contributed by atoms with Crippen LogP contribution in [0.25, 0.3) is 5.57 Å². The van der Waals surface area contributed by atoms with Crippen molar-refractivity contribution in [3.63, 3.8) is 0 Å². The summed E-state index contributed by atoms with van der Waals surface area (Å²) < 4.78 is 27.9. The van der Waals surface area contributed by atoms with Gasteiger partial charge in [0.25, 0.3) is 15.9 Å². The van der Waals surface area contributed by atoms with Gasteiger partial charge in [-0.05, 0) is 30.7 Å². The Morgan fingerprint density at radius 2 is 1.93 bits per heavy atom. The number of nitrogens with zero attached hydrogens (tertiary/aromatic N) is 1. The first-order valence-electron chi connectivity index (χ1n) is 8.43. The summed E-state index contributed by atoms with van der Waals surface area (Å²) in [5, 5.41) is 3.06. The number of carbonyl (C=O) groups excluding carboxylic acids is 1. The molecule has 7 heteroatoms. The zero-order chi connectivity index (χ0) is 19.6. The number of carbonyl (C=O) groups is 1. The molecule has 1 heterocycles. The fourth-order valence-electron chi connectivity index (χ4n) is 3.12. The van der Waals surface area contributed by atoms with E-state index in [1.807, 2.05) is 6.07 Å². The van der Waals surface area contributed by atoms with E-state index in [0.717, 1.165) is 0 Å². The third kappa shape index (κ3) is 3.38. The third-order valence-electron chi connectivity index (χ3n) is 4.23. The Morgan fingerprint density at radius 3 is 2.56 bits per heavy atom. The number of amides is 1. The Kier molecular flexibility index (Phi) is 5.39. The van der Waals surface area contributed by atoms with Crippen LogP contribution in [0.2, 0.25) is 5.02 Å². The fraction of sp³-hybridized carbons (Fsp3) is 0.150. The van der Waals surface area contributed by atoms with Gasteiger partial charge < -0.3 is 5.32 Å². The van der Waals surface area contributed by atoms with Crippen molar-refractivity contribution in [2.24, 2.45) is 0 Å². The molecule has 0 fully saturated rings. The Labute approximate surface area is 164 Å². The van der Waals surface area contributed by atoms with E-state index < -0.39 is 15.9 Å². The van der Waals surface area contributed by atoms with Crippen LogP contribution in [0, 0.1) is 0 Å². The van der Waals surface area contributed by atoms with Crippen molar-refractivity contribution in [3.8, 4) is 0 Å². The van der Waals surface area contributed by atoms with Gasteiger partial charge in [0.1, 0.15) is 0 Å². The molecule has 5 nitrogen and oxygen atoms in total. The maximum absolute atomic E-state index is 13.3. The van der Waals surface area contributed by atoms with Gasteiger partial charge in [0.05, 0.1) is 5.69 Å². The van der Waals surface area contributed by atoms with Crippen molar-refractivity contribution in [2.75, 3.05) is 17.4 Å². The van der Waals surface area contributed by atoms with E-state index in [-0.39, 0.29) is 18.0 Å². The van der Waals surface area contributed by atoms with Crippen LogP contribution in [0.15, 0.2) is 66.1 Å². The molecule has 1 aliphatic heterocycles. The highest BCUT2D eigenvalue weighted by Crippen LogP contribution is 2.43. The highest BCUT2D eigenvalue weighted by molar-refractivity contribution is 7.97. The zero-order valence-corrected chi connectivity index (χ0v) is 16.3. The Bertz CT molecular complexity index is 1030. The molecule has 1 aliphatic rings. The first-order chi connectivity index (χ1) is 12.9. The van der Waals surface area contributed by atoms with E-state index in [2.05, 4.69) is 11.9 Å². The highest BCUT2D eigenvalue weighted by atomic mass is 35.5. The minimum atomic E-state index is -4.04. The molecule has 0 saturated carbocycles. The summed E-state index contributed by atoms with van der Waals surface area (Å²) in [6, 6.07) is 14.0. The lowest BCUT2D eigenvalue weighted by atomic mass is 9.95. The molecular weight excluding hydrogens is 384 g/mol. The lowest BCUT2D eigenvalue weighted by Crippen LogP contribution is -2.41. The van der Waals surface area contributed by atoms with Gasteiger partial charge in [0.2, 0.25) is 0 Å². The Hall–Kier alpha value is -2.57. The molecule has 0 aromatic heterocycles. The lowest BCUT2D eigenvalue weighted by Gasteiger charge is -2.32. The molecule has 27 heavy (non-hydrogen) atoms. The van der Waals surface area contributed by atoms with Crippen molar-refractivity contribution >= 4 is 38.8 Å². The summed E-state index contributed by atoms with van der Waals surface area (Å²) in [6.45, 7) is 5.64. The average Bonchev–Trinajstić information content (AvgIpc) is 2.65. The van der Waals surface area contributed by atoms with Crippen LogP contribution in [-0.2, 0) is 14.8 Å². The highest BCUT2D eigenvalue weighted by Gasteiger charge is 2.40. The van der Waals surface area contributed by atoms with Crippen LogP contribution in [0.5, 0.6) is 0 Å². The molecule has 0 saturated heterocycles. The number of benzene rings is 2. The Morgan fingerprint density at radius 1 is 1.22 bits per heavy atom. The van der Waals surface area contributed by atoms with Gasteiger partial charge in [-0.2, -0.15) is 0 Å². The largest absolute Gasteiger partial charge is 0.348 e. The smallest absolute Gasteiger partial charge is 0.270 e. The van der Waals surface area contributed by atoms with Crippen LogP contribution in [0.1, 0.15) is 18.1 Å². The number of hydrogen-bond donors (Lipinski definition) is 1. The molecule has 1 amide bonds. The molecule has 2 aromatic rings. The average molecular weight is 403 g/mol. The van der Waals surface area contributed by atoms with Crippen molar-refractivity contribution in [2.45, 2.75) is 6.92 Å². The van der Waals surface area contributed by atoms with Crippen molar-refractivity contribution in [1.29, 1.82) is 0 Å². The molecule has 3 rings (SSSR count). The zero-order valence-electron chi connectivity index (χ0n) is 14.8. The van der Waals surface area contributed by atoms with E-state index >= 15 is 0 Å². The second kappa shape index (κ2) is 7.58. The second-order valence-corrected chi connectivity index (χ2v) is 8.14. The Balaban J connectivity index is 2.41. The quantitative estimate of drug-likeness (QED) is 0.777. The molecule has 0 spiro atoms. The topological polar surface area (TPSA) is 66.5 Å². The van der Waals surface area contributed by atoms with Gasteiger partial charge in [-0.1, -0.05) is 48.0 Å². The molecule has 0 bridgehead atoms. The number of sulfonamides is 1. The summed E-state index contributed by atoms with van der Waals surface area (Å²) in [5.74, 6) is -0.669. The number of fused-ring (bicyclic) bond motifs is 1. The maximum atomic E-state index is 13.3. The minimum Gasteiger partial charge on any atom is -0.348 e. The van der Waals surface area contributed by atoms with Crippen molar-refractivity contribution in [1.82, 2.24) is 5.32 Å². The predicted octanol–water partition coefficient (Wildman–Crippen LogP) is 3.57. The van der Waals surface area contributed by atoms with Crippen molar-refractivity contribution in [3.05, 3.63) is 82.2 Å². The van der Waals surface area contributed by atoms with Crippen LogP contribution >= 0.6 is 11.6 Å². The summed E-state index contributed by atoms with van der Waals surface area (Å²) in [7, 11) is -4.04. The maximum Gasteiger partial charge on any atom is 0.270 e. The van der Waals surface area contributed by atoms with E-state index in [4.69, 9.17) is 11.6 Å². The number of hydrogen-bond acceptors (Lipinski definition) is 3. The molecule has 0 aliphatic carbocycles. The van der Waals surface area contributed by atoms with Crippen LogP contribution in [0.4, 0.5) is 5.69 Å². The van der Waals surface area contributed by atoms with Crippen LogP contribution in [-0.4, -0.2) is 27.4 Å². The first kappa shape index (κ1) is 19.2. The monoisotopic (exact) mass is 402 g/mol. The lowest BCUT2D eigenvalue weighted by molar-refractivity contribution is -0.116. The van der Waals surface area contributed by atoms with E-state index in [9.17, 15) is 13.2 Å². The number of nitrogens with one attached hydrogen (secondary N) is 1. The van der Waals surface area contributed by atoms with E-state index in [1.165, 1.54) is 10.4 Å². The number of anilines is 1. The molecule has 0 radical (unpaired) electrons. The number of halogens is 1. The van der Waals surface area contributed by atoms with Gasteiger partial charge in [-0.3, -0.25) is 9.10 Å². The normalized spacial score (nSPS) is 15.3. The van der Waals surface area contributed by atoms with Crippen LogP contribution in [0.3, 0.4) is 0 Å². The van der Waals surface area contributed by atoms with E-state index in [1.54, 1.807) is 49.4 Å². The van der Waals surface area contributed by atoms with Crippen molar-refractivity contribution < 1.29 is 13.2 Å². The molecular formula is C20H19ClN2O3S. The molecule has 0 atom stereocenters. The molecule has 140 valence electrons. The van der Waals surface area contributed by atoms with Gasteiger partial charge in [-0.25, -0.2) is 8.42 Å². The summed E-state index contributed by atoms with van der Waals surface area (Å²) in [6.07, 6.45) is 1.50. The summed E-state index contributed by atoms with van der Waals surface area (Å²) in [4.78, 5) is 12.6. The standard InChI is InChI=1S/C20H19ClN2O3S/c1-3-12-22-20(24)19-18(14-8-6-5-7-9-14)16-13-15(21)10-11-17(16)23(4-2)27(19,25)26/h3,5-11,13H,1,4,12H2,2H3,(H,22,24). The predicted molar refractivity (Wildman–Crippen MR) is 109 cm³/mol. The molecule has 0 unspecified atom stereocenters. The third-order valence-corrected chi connectivity index (χ3v) is 6.41. The van der Waals surface area contributed by atoms with Gasteiger partial charge in [0, 0.05) is 29.2 Å². The first-order valence-corrected chi connectivity index (χ1v) is 10.2. The second-order valence-electron chi connectivity index (χ2n) is 5.90. The summed E-state index contributed by atoms with van der Waals surface area (Å²) >= 11 is 6.20. The van der Waals surface area contributed by atoms with Gasteiger partial charge in [0.15, 0.2) is 4.91 Å². The van der Waals surface area contributed by atoms with Crippen LogP contribution < -0.4 is 9.62 Å². The fourth-order valence-corrected chi connectivity index (χ4v) is 5.07. The molecule has 2 aromatic carbocycles. The SMILES string of the molecule is C=CCNC(=O)C1=C(c2ccccc2)c2cc(Cl)ccc2N(CC)S1(=O)=O. The van der Waals surface area contributed by atoms with Gasteiger partial charge in [-0.15, -0.1) is 6.58 Å². The number of rotatable bonds is 5.